The van der Waals surface area contributed by atoms with Crippen molar-refractivity contribution < 1.29 is 72.4 Å². The second-order valence-electron chi connectivity index (χ2n) is 13.1. The smallest absolute Gasteiger partial charge is 0.469 e. The molecule has 0 radical (unpaired) electrons. The average Bonchev–Trinajstić information content (AvgIpc) is 3.61. The molecule has 7 amide bonds. The van der Waals surface area contributed by atoms with Crippen molar-refractivity contribution in [2.75, 3.05) is 26.3 Å². The number of aliphatic carboxylic acids is 1. The lowest BCUT2D eigenvalue weighted by molar-refractivity contribution is -0.459. The number of phosphoric ester groups is 1. The topological polar surface area (TPSA) is 425 Å². The summed E-state index contributed by atoms with van der Waals surface area (Å²) in [6.45, 7) is 2.70. The molecule has 1 aliphatic rings. The van der Waals surface area contributed by atoms with Crippen molar-refractivity contribution in [3.05, 3.63) is 0 Å². The summed E-state index contributed by atoms with van der Waals surface area (Å²) >= 11 is 0. The Morgan fingerprint density at radius 3 is 1.98 bits per heavy atom. The summed E-state index contributed by atoms with van der Waals surface area (Å²) in [5.74, 6) is -9.18. The van der Waals surface area contributed by atoms with Crippen LogP contribution in [0.1, 0.15) is 59.3 Å². The van der Waals surface area contributed by atoms with Crippen LogP contribution in [0.15, 0.2) is 0 Å². The number of likely N-dealkylation sites (tertiary alicyclic amines) is 1. The molecular formula is C30H55N11O14P+. The highest BCUT2D eigenvalue weighted by Gasteiger charge is 2.38. The summed E-state index contributed by atoms with van der Waals surface area (Å²) in [6, 6.07) is -10.5. The molecule has 0 aromatic carbocycles. The number of carboxylic acid groups (broad SMARTS) is 1. The fourth-order valence-electron chi connectivity index (χ4n) is 5.32. The molecule has 0 spiro atoms. The number of hydrogen-bond donors (Lipinski definition) is 14. The fraction of sp³-hybridized carbons (Fsp3) is 0.700. The molecule has 56 heavy (non-hydrogen) atoms. The highest BCUT2D eigenvalue weighted by molar-refractivity contribution is 7.46. The molecule has 0 bridgehead atoms. The Hall–Kier alpha value is -4.94. The minimum Gasteiger partial charge on any atom is -0.480 e. The van der Waals surface area contributed by atoms with Gasteiger partial charge in [0.25, 0.3) is 0 Å². The van der Waals surface area contributed by atoms with Crippen LogP contribution in [0.4, 0.5) is 0 Å². The Labute approximate surface area is 321 Å². The van der Waals surface area contributed by atoms with Crippen LogP contribution in [0.3, 0.4) is 0 Å². The molecule has 0 aromatic rings. The number of aliphatic hydroxyl groups excluding tert-OH is 1. The normalized spacial score (nSPS) is 17.8. The number of carbonyl (C=O) groups is 8. The maximum absolute atomic E-state index is 13.4. The maximum Gasteiger partial charge on any atom is 0.469 e. The molecule has 25 nitrogen and oxygen atoms in total. The van der Waals surface area contributed by atoms with E-state index in [1.54, 1.807) is 13.8 Å². The fourth-order valence-corrected chi connectivity index (χ4v) is 5.67. The third kappa shape index (κ3) is 16.8. The second kappa shape index (κ2) is 23.2. The zero-order valence-electron chi connectivity index (χ0n) is 31.3. The molecule has 1 rings (SSSR count). The number of guanidine groups is 1. The Kier molecular flexibility index (Phi) is 20.3. The summed E-state index contributed by atoms with van der Waals surface area (Å²) in [5, 5.41) is 30.6. The van der Waals surface area contributed by atoms with E-state index in [4.69, 9.17) is 22.9 Å². The standard InChI is InChI=1S/C30H54N11O14P/c1-4-14(2)22(40-23(44)16(31)7-5-9-35-30(33)34)27(48)38-18(12-42)25(46)37-17(11-21(32)43)24(45)39-19(13-55-56(52,53)54)26(47)36-15(3)28(49)41-10-6-8-20(41)29(50)51/h14-20,22,42H,4-13,31H2,1-3H3,(H2,32,43)(H,36,47)(H,37,46)(H,38,48)(H,39,45)(H,40,44)(H,50,51)(H4,33,34,35)(H2,52,53,54)/p+1/t14-,15-,16-,17-,18-,19-,20-,22-/m0/s1. The maximum atomic E-state index is 13.4. The average molecular weight is 825 g/mol. The lowest BCUT2D eigenvalue weighted by Gasteiger charge is -2.28. The van der Waals surface area contributed by atoms with E-state index in [-0.39, 0.29) is 25.3 Å². The molecule has 0 aromatic heterocycles. The summed E-state index contributed by atoms with van der Waals surface area (Å²) < 4.78 is 15.8. The van der Waals surface area contributed by atoms with E-state index < -0.39 is 123 Å². The van der Waals surface area contributed by atoms with Crippen LogP contribution in [0.2, 0.25) is 0 Å². The van der Waals surface area contributed by atoms with Gasteiger partial charge in [-0.05, 0) is 38.5 Å². The van der Waals surface area contributed by atoms with Gasteiger partial charge >= 0.3 is 19.8 Å². The first-order valence-electron chi connectivity index (χ1n) is 17.5. The van der Waals surface area contributed by atoms with Gasteiger partial charge in [-0.2, -0.15) is 0 Å². The molecule has 1 aliphatic heterocycles. The third-order valence-corrected chi connectivity index (χ3v) is 9.08. The largest absolute Gasteiger partial charge is 0.480 e. The number of rotatable bonds is 24. The molecule has 1 heterocycles. The van der Waals surface area contributed by atoms with Crippen molar-refractivity contribution in [2.45, 2.75) is 102 Å². The van der Waals surface area contributed by atoms with Gasteiger partial charge in [-0.15, -0.1) is 0 Å². The number of primary amides is 1. The van der Waals surface area contributed by atoms with Gasteiger partial charge in [0.15, 0.2) is 0 Å². The molecule has 18 N–H and O–H groups in total. The second-order valence-corrected chi connectivity index (χ2v) is 14.3. The number of carboxylic acids is 1. The lowest BCUT2D eigenvalue weighted by Crippen LogP contribution is -2.78. The van der Waals surface area contributed by atoms with Gasteiger partial charge in [-0.1, -0.05) is 20.3 Å². The van der Waals surface area contributed by atoms with Crippen molar-refractivity contribution >= 4 is 61.1 Å². The number of nitrogens with one attached hydrogen (secondary N) is 6. The number of amides is 7. The van der Waals surface area contributed by atoms with Gasteiger partial charge in [0, 0.05) is 6.54 Å². The van der Waals surface area contributed by atoms with Crippen LogP contribution >= 0.6 is 7.82 Å². The van der Waals surface area contributed by atoms with Crippen molar-refractivity contribution in [2.24, 2.45) is 28.9 Å². The van der Waals surface area contributed by atoms with E-state index in [2.05, 4.69) is 30.8 Å². The van der Waals surface area contributed by atoms with E-state index in [0.717, 1.165) is 4.90 Å². The predicted molar refractivity (Wildman–Crippen MR) is 192 cm³/mol. The number of carbonyl (C=O) groups excluding carboxylic acids is 7. The summed E-state index contributed by atoms with van der Waals surface area (Å²) in [6.07, 6.45) is 0.566. The Morgan fingerprint density at radius 1 is 0.875 bits per heavy atom. The van der Waals surface area contributed by atoms with Crippen molar-refractivity contribution in [1.29, 1.82) is 0 Å². The lowest BCUT2D eigenvalue weighted by atomic mass is 9.97. The zero-order valence-corrected chi connectivity index (χ0v) is 32.2. The molecule has 8 atom stereocenters. The molecule has 318 valence electrons. The molecular weight excluding hydrogens is 769 g/mol. The summed E-state index contributed by atoms with van der Waals surface area (Å²) in [7, 11) is -5.26. The quantitative estimate of drug-likeness (QED) is 0.0186. The molecule has 0 aliphatic carbocycles. The van der Waals surface area contributed by atoms with Crippen LogP contribution < -0.4 is 54.5 Å². The van der Waals surface area contributed by atoms with E-state index >= 15 is 0 Å². The monoisotopic (exact) mass is 824 g/mol. The predicted octanol–water partition coefficient (Wildman–Crippen LogP) is -8.01. The van der Waals surface area contributed by atoms with Gasteiger partial charge in [0.05, 0.1) is 32.2 Å². The van der Waals surface area contributed by atoms with Crippen LogP contribution in [0, 0.1) is 5.92 Å². The van der Waals surface area contributed by atoms with Crippen LogP contribution in [0.5, 0.6) is 0 Å². The van der Waals surface area contributed by atoms with Gasteiger partial charge in [-0.25, -0.2) is 9.36 Å². The SMILES string of the molecule is CC[C@H](C)[C@H](NC(=O)[C@@H](N)CCC[NH+]=C(N)N)C(=O)N[C@@H](CO)C(=O)N[C@@H](CC(N)=O)C(=O)N[C@@H](COP(=O)(O)O)C(=O)N[C@@H](C)C(=O)N1CCC[C@H]1C(=O)O. The van der Waals surface area contributed by atoms with Crippen LogP contribution in [-0.2, 0) is 47.4 Å². The highest BCUT2D eigenvalue weighted by atomic mass is 31.2. The van der Waals surface area contributed by atoms with Crippen LogP contribution in [0.25, 0.3) is 0 Å². The van der Waals surface area contributed by atoms with E-state index in [1.165, 1.54) is 6.92 Å². The molecule has 0 unspecified atom stereocenters. The first kappa shape index (κ1) is 49.1. The zero-order chi connectivity index (χ0) is 42.9. The Balaban J connectivity index is 3.15. The number of hydrogen-bond acceptors (Lipinski definition) is 12. The summed E-state index contributed by atoms with van der Waals surface area (Å²) in [4.78, 5) is 124. The first-order chi connectivity index (χ1) is 26.0. The first-order valence-corrected chi connectivity index (χ1v) is 19.1. The van der Waals surface area contributed by atoms with Gasteiger partial charge in [0.1, 0.15) is 36.3 Å². The van der Waals surface area contributed by atoms with Crippen molar-refractivity contribution in [3.8, 4) is 0 Å². The molecule has 1 fully saturated rings. The Morgan fingerprint density at radius 2 is 1.45 bits per heavy atom. The van der Waals surface area contributed by atoms with E-state index in [1.807, 2.05) is 5.32 Å². The summed E-state index contributed by atoms with van der Waals surface area (Å²) in [5.41, 5.74) is 21.9. The third-order valence-electron chi connectivity index (χ3n) is 8.60. The van der Waals surface area contributed by atoms with Gasteiger partial charge in [-0.3, -0.25) is 54.5 Å². The minimum atomic E-state index is -5.26. The van der Waals surface area contributed by atoms with E-state index in [9.17, 15) is 62.9 Å². The van der Waals surface area contributed by atoms with Gasteiger partial charge < -0.3 is 63.0 Å². The van der Waals surface area contributed by atoms with Crippen LogP contribution in [-0.4, -0.2) is 147 Å². The number of nitrogens with zero attached hydrogens (tertiary/aromatic N) is 1. The van der Waals surface area contributed by atoms with Crippen molar-refractivity contribution in [3.63, 3.8) is 0 Å². The molecule has 26 heteroatoms. The number of nitrogens with two attached hydrogens (primary N) is 4. The van der Waals surface area contributed by atoms with Crippen molar-refractivity contribution in [1.82, 2.24) is 31.5 Å². The van der Waals surface area contributed by atoms with E-state index in [0.29, 0.717) is 25.8 Å². The number of aliphatic hydroxyl groups is 1. The molecule has 1 saturated heterocycles. The molecule has 0 saturated carbocycles. The number of phosphoric acid groups is 1. The Bertz CT molecular complexity index is 1510. The minimum absolute atomic E-state index is 0.0168. The van der Waals surface area contributed by atoms with Gasteiger partial charge in [0.2, 0.25) is 41.4 Å². The highest BCUT2D eigenvalue weighted by Crippen LogP contribution is 2.35.